The topological polar surface area (TPSA) is 115 Å². The van der Waals surface area contributed by atoms with Gasteiger partial charge in [0.1, 0.15) is 46.5 Å². The van der Waals surface area contributed by atoms with Crippen molar-refractivity contribution in [2.75, 3.05) is 28.4 Å². The first kappa shape index (κ1) is 99.2. The average molecular weight is 1830 g/mol. The van der Waals surface area contributed by atoms with Crippen molar-refractivity contribution >= 4 is 87.2 Å². The van der Waals surface area contributed by atoms with Crippen molar-refractivity contribution < 1.29 is 32.1 Å². The summed E-state index contributed by atoms with van der Waals surface area (Å²) in [6.07, 6.45) is 0. The van der Waals surface area contributed by atoms with Gasteiger partial charge in [-0.25, -0.2) is 13.2 Å². The van der Waals surface area contributed by atoms with Gasteiger partial charge in [0.25, 0.3) is 0 Å². The van der Waals surface area contributed by atoms with Gasteiger partial charge >= 0.3 is 0 Å². The minimum atomic E-state index is -1.41. The van der Waals surface area contributed by atoms with Crippen molar-refractivity contribution in [1.29, 1.82) is 10.5 Å². The highest BCUT2D eigenvalue weighted by atomic mass is 19.2. The van der Waals surface area contributed by atoms with Crippen LogP contribution in [0.2, 0.25) is 0 Å². The number of hydrogen-bond acceptors (Lipinski definition) is 6. The largest absolute Gasteiger partial charge is 0.497 e. The van der Waals surface area contributed by atoms with Crippen LogP contribution >= 0.6 is 0 Å². The Morgan fingerprint density at radius 3 is 0.701 bits per heavy atom. The summed E-state index contributed by atoms with van der Waals surface area (Å²) in [5.41, 5.74) is 24.0. The van der Waals surface area contributed by atoms with E-state index in [0.29, 0.717) is 17.1 Å². The molecule has 18 aromatic rings. The van der Waals surface area contributed by atoms with Crippen LogP contribution < -0.4 is 18.9 Å². The van der Waals surface area contributed by atoms with E-state index in [-0.39, 0.29) is 74.9 Å². The van der Waals surface area contributed by atoms with Gasteiger partial charge in [0, 0.05) is 70.8 Å². The summed E-state index contributed by atoms with van der Waals surface area (Å²) in [5.74, 6) is -1.34. The van der Waals surface area contributed by atoms with Crippen LogP contribution in [0.25, 0.3) is 149 Å². The Labute approximate surface area is 808 Å². The summed E-state index contributed by atoms with van der Waals surface area (Å²) in [6, 6.07) is 89.5. The molecule has 0 spiro atoms. The Balaban J connectivity index is 0.000000242. The number of hydrogen-bond donors (Lipinski definition) is 1. The fourth-order valence-electron chi connectivity index (χ4n) is 18.8. The van der Waals surface area contributed by atoms with E-state index in [1.165, 1.54) is 117 Å². The SMILES string of the molecule is C.C.CC(C)(C)c1ccc2[nH]c3ccc(C(C)(C)C)cc3c2c1.COc1ccc(-c2c(C#N)c(-n3c4ccc(C(C)(C)C)cc4c4cc(C(C)(C)C)ccc43)c(-n3c4ccc(C(C)(C)C)cc4c4cc(C(C)(C)C)ccc43)c(-c3ccc(OC)cc3)c2-n2c3ccc(C(C)(C)C)cc3c3cc(C(C)(C)C)ccc32)cc1.COc1ccc(-c2c(F)c(F)c(C#N)c(-c3ccc(OC)cc3)c2F)cc1. The summed E-state index contributed by atoms with van der Waals surface area (Å²) >= 11 is 0. The summed E-state index contributed by atoms with van der Waals surface area (Å²) in [4.78, 5) is 3.54. The third-order valence-electron chi connectivity index (χ3n) is 27.0. The van der Waals surface area contributed by atoms with E-state index in [0.717, 1.165) is 116 Å². The molecule has 14 aromatic carbocycles. The van der Waals surface area contributed by atoms with Crippen molar-refractivity contribution in [1.82, 2.24) is 18.7 Å². The maximum Gasteiger partial charge on any atom is 0.178 e. The molecule has 10 nitrogen and oxygen atoms in total. The van der Waals surface area contributed by atoms with Gasteiger partial charge in [0.2, 0.25) is 0 Å². The van der Waals surface area contributed by atoms with Crippen molar-refractivity contribution in [3.63, 3.8) is 0 Å². The van der Waals surface area contributed by atoms with Crippen molar-refractivity contribution in [3.05, 3.63) is 316 Å². The number of nitriles is 2. The lowest BCUT2D eigenvalue weighted by atomic mass is 9.85. The van der Waals surface area contributed by atoms with E-state index in [2.05, 4.69) is 373 Å². The van der Waals surface area contributed by atoms with Crippen LogP contribution in [0.4, 0.5) is 13.2 Å². The quantitative estimate of drug-likeness (QED) is 0.129. The molecule has 0 saturated heterocycles. The number of fused-ring (bicyclic) bond motifs is 12. The average Bonchev–Trinajstić information content (AvgIpc) is 1.54. The maximum atomic E-state index is 15.3. The smallest absolute Gasteiger partial charge is 0.178 e. The summed E-state index contributed by atoms with van der Waals surface area (Å²) < 4.78 is 73.9. The van der Waals surface area contributed by atoms with Gasteiger partial charge in [-0.2, -0.15) is 10.5 Å². The number of methoxy groups -OCH3 is 4. The van der Waals surface area contributed by atoms with Gasteiger partial charge in [-0.1, -0.05) is 278 Å². The molecule has 0 atom stereocenters. The van der Waals surface area contributed by atoms with E-state index in [9.17, 15) is 19.3 Å². The lowest BCUT2D eigenvalue weighted by Crippen LogP contribution is -2.15. The molecule has 0 aliphatic rings. The number of aromatic amines is 1. The fraction of sp³-hybridized carbons (Fsp3) is 0.306. The molecule has 4 heterocycles. The van der Waals surface area contributed by atoms with Crippen LogP contribution in [0.3, 0.4) is 0 Å². The fourth-order valence-corrected chi connectivity index (χ4v) is 18.8. The highest BCUT2D eigenvalue weighted by Gasteiger charge is 2.37. The lowest BCUT2D eigenvalue weighted by Gasteiger charge is -2.29. The number of aromatic nitrogens is 4. The predicted molar refractivity (Wildman–Crippen MR) is 572 cm³/mol. The molecular weight excluding hydrogens is 1690 g/mol. The monoisotopic (exact) mass is 1830 g/mol. The van der Waals surface area contributed by atoms with Gasteiger partial charge in [-0.15, -0.1) is 0 Å². The van der Waals surface area contributed by atoms with Crippen molar-refractivity contribution in [3.8, 4) is 96.7 Å². The Hall–Kier alpha value is -13.8. The van der Waals surface area contributed by atoms with Crippen molar-refractivity contribution in [2.45, 2.75) is 224 Å². The van der Waals surface area contributed by atoms with E-state index in [1.54, 1.807) is 32.4 Å². The van der Waals surface area contributed by atoms with Crippen LogP contribution in [-0.2, 0) is 43.3 Å². The molecule has 0 radical (unpaired) electrons. The molecule has 18 rings (SSSR count). The van der Waals surface area contributed by atoms with Crippen LogP contribution in [-0.4, -0.2) is 47.1 Å². The molecule has 0 aliphatic carbocycles. The van der Waals surface area contributed by atoms with Gasteiger partial charge in [0.15, 0.2) is 11.6 Å². The molecule has 1 N–H and O–H groups in total. The molecule has 4 aromatic heterocycles. The van der Waals surface area contributed by atoms with Gasteiger partial charge in [0.05, 0.1) is 89.7 Å². The van der Waals surface area contributed by atoms with E-state index < -0.39 is 28.6 Å². The Bertz CT molecular complexity index is 7520. The number of nitrogens with zero attached hydrogens (tertiary/aromatic N) is 5. The highest BCUT2D eigenvalue weighted by Crippen LogP contribution is 2.55. The summed E-state index contributed by atoms with van der Waals surface area (Å²) in [5, 5.41) is 31.9. The molecule has 0 fully saturated rings. The van der Waals surface area contributed by atoms with E-state index in [1.807, 2.05) is 12.1 Å². The second-order valence-corrected chi connectivity index (χ2v) is 44.4. The first-order valence-electron chi connectivity index (χ1n) is 46.7. The molecule has 0 aliphatic heterocycles. The zero-order valence-electron chi connectivity index (χ0n) is 83.6. The Kier molecular flexibility index (Phi) is 26.4. The van der Waals surface area contributed by atoms with Crippen LogP contribution in [0.5, 0.6) is 23.0 Å². The van der Waals surface area contributed by atoms with Crippen LogP contribution in [0, 0.1) is 40.1 Å². The number of ether oxygens (including phenoxy) is 4. The summed E-state index contributed by atoms with van der Waals surface area (Å²) in [6.45, 7) is 55.0. The number of benzene rings is 14. The number of halogens is 3. The first-order chi connectivity index (χ1) is 63.5. The second kappa shape index (κ2) is 36.4. The Morgan fingerprint density at radius 1 is 0.234 bits per heavy atom. The normalized spacial score (nSPS) is 12.4. The second-order valence-electron chi connectivity index (χ2n) is 44.4. The molecule has 13 heteroatoms. The third-order valence-corrected chi connectivity index (χ3v) is 27.0. The molecule has 0 saturated carbocycles. The standard InChI is InChI=1S/C81H86N4O2.C21H14F3NO2.C20H25N.2CH4/c1-76(2,3)50-25-35-65-58(41-50)59-42-51(77(4,5)6)26-36-66(59)83(65)73-64(47-82)71(48-21-31-56(86-19)32-22-48)74(84-67-37-27-52(78(7,8)9)43-60(67)61-44-53(79(10,11)12)28-38-68(61)84)72(49-23-33-57(87-20)34-24-49)75(73)85-69-39-29-54(80(13,14)15)45-62(69)63-46-55(81(16,17)18)30-40-70(63)85;1-26-14-7-3-12(4-8-14)17-16(11-25)19(22)21(24)18(20(17)23)13-5-9-15(27-2)10-6-13;1-19(2,3)13-7-9-17-15(11-13)16-12-14(20(4,5)6)8-10-18(16)21-17;;/h21-46H,1-20H3;3-10H,1-2H3;7-12,21H,1-6H3;2*1H4. The van der Waals surface area contributed by atoms with Gasteiger partial charge in [-0.3, -0.25) is 0 Å². The molecule has 137 heavy (non-hydrogen) atoms. The predicted octanol–water partition coefficient (Wildman–Crippen LogP) is 34.5. The highest BCUT2D eigenvalue weighted by molar-refractivity contribution is 6.17. The van der Waals surface area contributed by atoms with Gasteiger partial charge in [-0.05, 0) is 256 Å². The lowest BCUT2D eigenvalue weighted by molar-refractivity contribution is 0.414. The molecule has 0 bridgehead atoms. The van der Waals surface area contributed by atoms with E-state index >= 15 is 4.39 Å². The third kappa shape index (κ3) is 18.4. The summed E-state index contributed by atoms with van der Waals surface area (Å²) in [7, 11) is 6.37. The first-order valence-corrected chi connectivity index (χ1v) is 46.7. The maximum absolute atomic E-state index is 15.3. The minimum absolute atomic E-state index is 0. The molecular formula is C124H133F3N6O4. The zero-order chi connectivity index (χ0) is 97.4. The van der Waals surface area contributed by atoms with Crippen LogP contribution in [0.1, 0.15) is 237 Å². The molecule has 0 unspecified atom stereocenters. The zero-order valence-corrected chi connectivity index (χ0v) is 83.6. The number of H-pyrrole nitrogens is 1. The molecule has 704 valence electrons. The minimum Gasteiger partial charge on any atom is -0.497 e. The Morgan fingerprint density at radius 2 is 0.453 bits per heavy atom. The van der Waals surface area contributed by atoms with Crippen LogP contribution in [0.15, 0.2) is 243 Å². The van der Waals surface area contributed by atoms with Crippen molar-refractivity contribution in [2.24, 2.45) is 0 Å². The van der Waals surface area contributed by atoms with Gasteiger partial charge < -0.3 is 37.6 Å². The van der Waals surface area contributed by atoms with E-state index in [4.69, 9.17) is 18.9 Å². The number of rotatable bonds is 11. The number of nitrogens with one attached hydrogen (secondary N) is 1. The molecule has 0 amide bonds.